The fraction of sp³-hybridized carbons (Fsp3) is 0.440. The maximum absolute atomic E-state index is 13.6. The third-order valence-electron chi connectivity index (χ3n) is 5.98. The van der Waals surface area contributed by atoms with E-state index in [1.54, 1.807) is 22.6 Å². The highest BCUT2D eigenvalue weighted by molar-refractivity contribution is 7.89. The summed E-state index contributed by atoms with van der Waals surface area (Å²) in [6, 6.07) is 13.1. The van der Waals surface area contributed by atoms with E-state index in [1.807, 2.05) is 37.4 Å². The molecule has 1 aliphatic rings. The average molecular weight is 468 g/mol. The minimum absolute atomic E-state index is 0.0419. The maximum Gasteiger partial charge on any atom is 0.245 e. The van der Waals surface area contributed by atoms with Crippen LogP contribution in [0.3, 0.4) is 0 Å². The molecule has 33 heavy (non-hydrogen) atoms. The summed E-state index contributed by atoms with van der Waals surface area (Å²) in [5, 5.41) is 7.48. The molecule has 1 unspecified atom stereocenters. The zero-order valence-electron chi connectivity index (χ0n) is 19.8. The van der Waals surface area contributed by atoms with Crippen molar-refractivity contribution in [1.29, 1.82) is 0 Å². The van der Waals surface area contributed by atoms with E-state index in [0.717, 1.165) is 42.0 Å². The van der Waals surface area contributed by atoms with Gasteiger partial charge in [-0.1, -0.05) is 39.0 Å². The molecule has 0 aliphatic carbocycles. The van der Waals surface area contributed by atoms with E-state index >= 15 is 0 Å². The van der Waals surface area contributed by atoms with Crippen molar-refractivity contribution in [2.75, 3.05) is 37.3 Å². The first-order valence-electron chi connectivity index (χ1n) is 11.5. The van der Waals surface area contributed by atoms with Crippen LogP contribution in [-0.4, -0.2) is 49.4 Å². The van der Waals surface area contributed by atoms with Gasteiger partial charge in [0, 0.05) is 49.9 Å². The van der Waals surface area contributed by atoms with Gasteiger partial charge in [-0.2, -0.15) is 4.31 Å². The summed E-state index contributed by atoms with van der Waals surface area (Å²) >= 11 is 0. The zero-order chi connectivity index (χ0) is 23.6. The second-order valence-corrected chi connectivity index (χ2v) is 11.7. The van der Waals surface area contributed by atoms with E-state index in [1.165, 1.54) is 0 Å². The largest absolute Gasteiger partial charge is 0.382 e. The average Bonchev–Trinajstić information content (AvgIpc) is 2.81. The standard InChI is InChI=1S/C25H33N5O2S/c1-25(2,3)17-28-21-13-12-20(29-24(21)26-4)19-10-7-15-30(16-19)33(31,32)22-11-5-8-18-9-6-14-27-23(18)22/h5-6,8-9,11-14,19,28H,7,10,15-17H2,1-4H3,(H,26,29). The number of fused-ring (bicyclic) bond motifs is 1. The smallest absolute Gasteiger partial charge is 0.245 e. The number of nitrogens with one attached hydrogen (secondary N) is 2. The molecule has 1 aliphatic heterocycles. The highest BCUT2D eigenvalue weighted by Crippen LogP contribution is 2.33. The van der Waals surface area contributed by atoms with E-state index in [4.69, 9.17) is 4.98 Å². The van der Waals surface area contributed by atoms with Crippen molar-refractivity contribution in [2.45, 2.75) is 44.4 Å². The molecule has 0 spiro atoms. The van der Waals surface area contributed by atoms with Gasteiger partial charge in [0.05, 0.1) is 11.2 Å². The SMILES string of the molecule is CNc1nc(C2CCCN(S(=O)(=O)c3cccc4cccnc34)C2)ccc1NCC(C)(C)C. The lowest BCUT2D eigenvalue weighted by atomic mass is 9.95. The topological polar surface area (TPSA) is 87.2 Å². The number of hydrogen-bond donors (Lipinski definition) is 2. The predicted octanol–water partition coefficient (Wildman–Crippen LogP) is 4.70. The lowest BCUT2D eigenvalue weighted by molar-refractivity contribution is 0.313. The van der Waals surface area contributed by atoms with Crippen molar-refractivity contribution in [2.24, 2.45) is 5.41 Å². The number of nitrogens with zero attached hydrogens (tertiary/aromatic N) is 3. The Morgan fingerprint density at radius 2 is 1.91 bits per heavy atom. The molecule has 0 radical (unpaired) electrons. The van der Waals surface area contributed by atoms with Crippen molar-refractivity contribution < 1.29 is 8.42 Å². The summed E-state index contributed by atoms with van der Waals surface area (Å²) in [4.78, 5) is 9.47. The monoisotopic (exact) mass is 467 g/mol. The van der Waals surface area contributed by atoms with Gasteiger partial charge in [0.25, 0.3) is 0 Å². The molecule has 0 saturated carbocycles. The molecule has 1 saturated heterocycles. The van der Waals surface area contributed by atoms with E-state index < -0.39 is 10.0 Å². The number of piperidine rings is 1. The van der Waals surface area contributed by atoms with Gasteiger partial charge in [-0.15, -0.1) is 0 Å². The lowest BCUT2D eigenvalue weighted by Gasteiger charge is -2.32. The molecule has 1 atom stereocenters. The van der Waals surface area contributed by atoms with Gasteiger partial charge in [0.15, 0.2) is 0 Å². The van der Waals surface area contributed by atoms with Gasteiger partial charge in [-0.25, -0.2) is 13.4 Å². The third-order valence-corrected chi connectivity index (χ3v) is 7.88. The molecule has 1 aromatic carbocycles. The summed E-state index contributed by atoms with van der Waals surface area (Å²) in [5.74, 6) is 0.829. The fourth-order valence-corrected chi connectivity index (χ4v) is 5.91. The van der Waals surface area contributed by atoms with Crippen LogP contribution in [0.25, 0.3) is 10.9 Å². The van der Waals surface area contributed by atoms with Crippen LogP contribution in [0.2, 0.25) is 0 Å². The molecule has 4 rings (SSSR count). The Balaban J connectivity index is 1.58. The number of benzene rings is 1. The highest BCUT2D eigenvalue weighted by atomic mass is 32.2. The summed E-state index contributed by atoms with van der Waals surface area (Å²) in [7, 11) is -1.80. The minimum atomic E-state index is -3.66. The van der Waals surface area contributed by atoms with Crippen LogP contribution in [0, 0.1) is 5.41 Å². The number of sulfonamides is 1. The Morgan fingerprint density at radius 1 is 1.12 bits per heavy atom. The lowest BCUT2D eigenvalue weighted by Crippen LogP contribution is -2.39. The molecule has 0 amide bonds. The van der Waals surface area contributed by atoms with E-state index in [0.29, 0.717) is 18.6 Å². The Bertz CT molecular complexity index is 1230. The maximum atomic E-state index is 13.6. The van der Waals surface area contributed by atoms with E-state index in [9.17, 15) is 8.42 Å². The zero-order valence-corrected chi connectivity index (χ0v) is 20.6. The number of rotatable bonds is 6. The molecule has 0 bridgehead atoms. The number of pyridine rings is 2. The van der Waals surface area contributed by atoms with Crippen molar-refractivity contribution in [3.8, 4) is 0 Å². The summed E-state index contributed by atoms with van der Waals surface area (Å²) < 4.78 is 28.7. The number of anilines is 2. The fourth-order valence-electron chi connectivity index (χ4n) is 4.22. The number of aromatic nitrogens is 2. The van der Waals surface area contributed by atoms with Gasteiger partial charge in [0.2, 0.25) is 10.0 Å². The number of para-hydroxylation sites is 1. The van der Waals surface area contributed by atoms with Crippen LogP contribution in [0.1, 0.15) is 45.2 Å². The first kappa shape index (κ1) is 23.4. The van der Waals surface area contributed by atoms with Crippen LogP contribution in [-0.2, 0) is 10.0 Å². The van der Waals surface area contributed by atoms with Crippen molar-refractivity contribution >= 4 is 32.4 Å². The van der Waals surface area contributed by atoms with Crippen molar-refractivity contribution in [3.63, 3.8) is 0 Å². The second-order valence-electron chi connectivity index (χ2n) is 9.83. The molecule has 3 heterocycles. The number of hydrogen-bond acceptors (Lipinski definition) is 6. The van der Waals surface area contributed by atoms with Crippen molar-refractivity contribution in [3.05, 3.63) is 54.4 Å². The van der Waals surface area contributed by atoms with Crippen LogP contribution in [0.15, 0.2) is 53.6 Å². The van der Waals surface area contributed by atoms with Crippen LogP contribution < -0.4 is 10.6 Å². The highest BCUT2D eigenvalue weighted by Gasteiger charge is 2.33. The van der Waals surface area contributed by atoms with Gasteiger partial charge < -0.3 is 10.6 Å². The van der Waals surface area contributed by atoms with Crippen molar-refractivity contribution in [1.82, 2.24) is 14.3 Å². The summed E-state index contributed by atoms with van der Waals surface area (Å²) in [6.45, 7) is 8.30. The van der Waals surface area contributed by atoms with Gasteiger partial charge in [-0.05, 0) is 42.5 Å². The molecular weight excluding hydrogens is 434 g/mol. The van der Waals surface area contributed by atoms with Crippen LogP contribution in [0.4, 0.5) is 11.5 Å². The minimum Gasteiger partial charge on any atom is -0.382 e. The molecule has 2 N–H and O–H groups in total. The Kier molecular flexibility index (Phi) is 6.59. The quantitative estimate of drug-likeness (QED) is 0.547. The third kappa shape index (κ3) is 5.12. The Labute approximate surface area is 196 Å². The van der Waals surface area contributed by atoms with Gasteiger partial charge >= 0.3 is 0 Å². The summed E-state index contributed by atoms with van der Waals surface area (Å²) in [5.41, 5.74) is 2.54. The van der Waals surface area contributed by atoms with E-state index in [-0.39, 0.29) is 16.2 Å². The molecular formula is C25H33N5O2S. The molecule has 1 fully saturated rings. The van der Waals surface area contributed by atoms with E-state index in [2.05, 4.69) is 36.4 Å². The van der Waals surface area contributed by atoms with Gasteiger partial charge in [0.1, 0.15) is 10.7 Å². The normalized spacial score (nSPS) is 17.8. The summed E-state index contributed by atoms with van der Waals surface area (Å²) in [6.07, 6.45) is 3.34. The Morgan fingerprint density at radius 3 is 2.67 bits per heavy atom. The predicted molar refractivity (Wildman–Crippen MR) is 134 cm³/mol. The molecule has 3 aromatic rings. The molecule has 2 aromatic heterocycles. The first-order chi connectivity index (χ1) is 15.7. The molecule has 8 heteroatoms. The molecule has 7 nitrogen and oxygen atoms in total. The van der Waals surface area contributed by atoms with Gasteiger partial charge in [-0.3, -0.25) is 4.98 Å². The Hall–Kier alpha value is -2.71. The van der Waals surface area contributed by atoms with Crippen LogP contribution in [0.5, 0.6) is 0 Å². The molecule has 176 valence electrons. The van der Waals surface area contributed by atoms with Crippen LogP contribution >= 0.6 is 0 Å². The first-order valence-corrected chi connectivity index (χ1v) is 12.9. The second kappa shape index (κ2) is 9.27.